The maximum absolute atomic E-state index is 2.29. The molecule has 0 radical (unpaired) electrons. The Labute approximate surface area is 179 Å². The van der Waals surface area contributed by atoms with Crippen molar-refractivity contribution in [1.29, 1.82) is 0 Å². The van der Waals surface area contributed by atoms with E-state index in [-0.39, 0.29) is 14.9 Å². The van der Waals surface area contributed by atoms with Crippen molar-refractivity contribution in [2.45, 2.75) is 14.9 Å². The molecule has 0 bridgehead atoms. The third-order valence-electron chi connectivity index (χ3n) is 4.55. The molecule has 0 amide bonds. The summed E-state index contributed by atoms with van der Waals surface area (Å²) >= 11 is 0. The van der Waals surface area contributed by atoms with Gasteiger partial charge in [-0.25, -0.2) is 0 Å². The Morgan fingerprint density at radius 3 is 0.759 bits per heavy atom. The lowest BCUT2D eigenvalue weighted by atomic mass is 10.4. The molecule has 148 valence electrons. The molecule has 4 aromatic rings. The van der Waals surface area contributed by atoms with Crippen LogP contribution in [0.15, 0.2) is 121 Å². The first-order valence-corrected chi connectivity index (χ1v) is 12.2. The molecule has 0 saturated heterocycles. The van der Waals surface area contributed by atoms with Crippen molar-refractivity contribution in [2.75, 3.05) is 5.90 Å². The van der Waals surface area contributed by atoms with Crippen LogP contribution in [-0.4, -0.2) is 5.90 Å². The van der Waals surface area contributed by atoms with Gasteiger partial charge >= 0.3 is 0 Å². The lowest BCUT2D eigenvalue weighted by Gasteiger charge is -2.26. The zero-order valence-corrected chi connectivity index (χ0v) is 16.9. The highest BCUT2D eigenvalue weighted by Crippen LogP contribution is 2.48. The van der Waals surface area contributed by atoms with E-state index in [0.717, 1.165) is 0 Å². The molecule has 0 atom stereocenters. The molecule has 0 nitrogen and oxygen atoms in total. The van der Waals surface area contributed by atoms with Crippen LogP contribution < -0.4 is 21.2 Å². The Hall–Kier alpha value is -2.26. The monoisotopic (exact) mass is 416 g/mol. The minimum absolute atomic E-state index is 0. The molecule has 0 unspecified atom stereocenters. The molecule has 0 aliphatic heterocycles. The molecule has 0 fully saturated rings. The number of hydrogen-bond donors (Lipinski definition) is 0. The predicted octanol–water partition coefficient (Wildman–Crippen LogP) is 6.48. The molecule has 0 spiro atoms. The number of hydrogen-bond acceptors (Lipinski definition) is 0. The van der Waals surface area contributed by atoms with Gasteiger partial charge in [-0.1, -0.05) is 136 Å². The van der Waals surface area contributed by atoms with Crippen LogP contribution in [0.2, 0.25) is 0 Å². The highest BCUT2D eigenvalue weighted by molar-refractivity contribution is 7.88. The van der Waals surface area contributed by atoms with Gasteiger partial charge in [-0.2, -0.15) is 0 Å². The molecule has 2 heteroatoms. The van der Waals surface area contributed by atoms with Gasteiger partial charge in [0.05, 0.1) is 0 Å². The SMILES string of the molecule is C.C.c1ccc(P(CP(c2ccccc2)c2ccccc2)c2ccccc2)cc1. The summed E-state index contributed by atoms with van der Waals surface area (Å²) in [4.78, 5) is 0. The van der Waals surface area contributed by atoms with E-state index >= 15 is 0 Å². The third-order valence-corrected chi connectivity index (χ3v) is 10.5. The fourth-order valence-corrected chi connectivity index (χ4v) is 9.67. The van der Waals surface area contributed by atoms with E-state index in [4.69, 9.17) is 0 Å². The van der Waals surface area contributed by atoms with Crippen molar-refractivity contribution >= 4 is 37.1 Å². The van der Waals surface area contributed by atoms with E-state index in [9.17, 15) is 0 Å². The van der Waals surface area contributed by atoms with E-state index in [1.54, 1.807) is 0 Å². The number of rotatable bonds is 6. The van der Waals surface area contributed by atoms with Crippen LogP contribution in [0, 0.1) is 0 Å². The first-order chi connectivity index (χ1) is 13.4. The van der Waals surface area contributed by atoms with E-state index < -0.39 is 15.8 Å². The van der Waals surface area contributed by atoms with Gasteiger partial charge in [0.25, 0.3) is 0 Å². The molecule has 0 N–H and O–H groups in total. The average molecular weight is 416 g/mol. The molecule has 0 saturated carbocycles. The van der Waals surface area contributed by atoms with E-state index in [0.29, 0.717) is 0 Å². The van der Waals surface area contributed by atoms with E-state index in [1.807, 2.05) is 0 Å². The first-order valence-electron chi connectivity index (χ1n) is 9.17. The van der Waals surface area contributed by atoms with E-state index in [2.05, 4.69) is 121 Å². The van der Waals surface area contributed by atoms with Crippen LogP contribution in [0.3, 0.4) is 0 Å². The van der Waals surface area contributed by atoms with Crippen LogP contribution in [0.5, 0.6) is 0 Å². The molecule has 4 rings (SSSR count). The molecule has 4 aromatic carbocycles. The fraction of sp³-hybridized carbons (Fsp3) is 0.111. The third kappa shape index (κ3) is 5.86. The summed E-state index contributed by atoms with van der Waals surface area (Å²) in [7, 11) is -0.817. The van der Waals surface area contributed by atoms with Gasteiger partial charge in [0.15, 0.2) is 0 Å². The summed E-state index contributed by atoms with van der Waals surface area (Å²) < 4.78 is 0. The van der Waals surface area contributed by atoms with E-state index in [1.165, 1.54) is 27.1 Å². The first kappa shape index (κ1) is 23.0. The topological polar surface area (TPSA) is 0 Å². The van der Waals surface area contributed by atoms with Crippen LogP contribution in [0.25, 0.3) is 0 Å². The Balaban J connectivity index is 0.00000150. The lowest BCUT2D eigenvalue weighted by Crippen LogP contribution is -2.19. The zero-order valence-electron chi connectivity index (χ0n) is 15.1. The van der Waals surface area contributed by atoms with Gasteiger partial charge in [-0.05, 0) is 37.1 Å². The summed E-state index contributed by atoms with van der Waals surface area (Å²) in [6.45, 7) is 0. The predicted molar refractivity (Wildman–Crippen MR) is 136 cm³/mol. The molecular formula is C27H30P2. The van der Waals surface area contributed by atoms with Crippen molar-refractivity contribution in [2.24, 2.45) is 0 Å². The van der Waals surface area contributed by atoms with Gasteiger partial charge in [0, 0.05) is 5.90 Å². The van der Waals surface area contributed by atoms with Gasteiger partial charge in [-0.15, -0.1) is 0 Å². The minimum Gasteiger partial charge on any atom is -0.0776 e. The fourth-order valence-electron chi connectivity index (χ4n) is 3.20. The molecule has 0 heterocycles. The van der Waals surface area contributed by atoms with Crippen molar-refractivity contribution < 1.29 is 0 Å². The Kier molecular flexibility index (Phi) is 9.27. The largest absolute Gasteiger partial charge is 0.0776 e. The molecule has 0 aromatic heterocycles. The molecule has 0 aliphatic carbocycles. The molecule has 29 heavy (non-hydrogen) atoms. The van der Waals surface area contributed by atoms with Gasteiger partial charge in [0.2, 0.25) is 0 Å². The maximum Gasteiger partial charge on any atom is 0.00405 e. The van der Waals surface area contributed by atoms with Crippen LogP contribution in [0.4, 0.5) is 0 Å². The van der Waals surface area contributed by atoms with Gasteiger partial charge < -0.3 is 0 Å². The highest BCUT2D eigenvalue weighted by atomic mass is 31.2. The quantitative estimate of drug-likeness (QED) is 0.316. The molecular weight excluding hydrogens is 386 g/mol. The lowest BCUT2D eigenvalue weighted by molar-refractivity contribution is 1.73. The Morgan fingerprint density at radius 1 is 0.345 bits per heavy atom. The van der Waals surface area contributed by atoms with Crippen LogP contribution in [-0.2, 0) is 0 Å². The van der Waals surface area contributed by atoms with Crippen LogP contribution >= 0.6 is 15.8 Å². The Morgan fingerprint density at radius 2 is 0.552 bits per heavy atom. The summed E-state index contributed by atoms with van der Waals surface area (Å²) in [5, 5.41) is 5.83. The Bertz CT molecular complexity index is 779. The second-order valence-corrected chi connectivity index (χ2v) is 11.2. The zero-order chi connectivity index (χ0) is 18.3. The van der Waals surface area contributed by atoms with Crippen molar-refractivity contribution in [3.63, 3.8) is 0 Å². The average Bonchev–Trinajstić information content (AvgIpc) is 2.77. The maximum atomic E-state index is 2.29. The number of benzene rings is 4. The van der Waals surface area contributed by atoms with Crippen LogP contribution in [0.1, 0.15) is 14.9 Å². The normalized spacial score (nSPS) is 10.3. The summed E-state index contributed by atoms with van der Waals surface area (Å²) in [5.41, 5.74) is 0. The summed E-state index contributed by atoms with van der Waals surface area (Å²) in [5.74, 6) is 1.17. The van der Waals surface area contributed by atoms with Gasteiger partial charge in [0.1, 0.15) is 0 Å². The highest BCUT2D eigenvalue weighted by Gasteiger charge is 2.21. The second kappa shape index (κ2) is 11.7. The van der Waals surface area contributed by atoms with Crippen molar-refractivity contribution in [3.05, 3.63) is 121 Å². The van der Waals surface area contributed by atoms with Crippen molar-refractivity contribution in [1.82, 2.24) is 0 Å². The summed E-state index contributed by atoms with van der Waals surface area (Å²) in [6, 6.07) is 44.1. The van der Waals surface area contributed by atoms with Crippen molar-refractivity contribution in [3.8, 4) is 0 Å². The molecule has 0 aliphatic rings. The standard InChI is InChI=1S/C25H22P2.2CH4/c1-5-13-22(14-6-1)26(23-15-7-2-8-16-23)21-27(24-17-9-3-10-18-24)25-19-11-4-12-20-25;;/h1-20H,21H2;2*1H4. The minimum atomic E-state index is -0.409. The smallest absolute Gasteiger partial charge is 0.00405 e. The van der Waals surface area contributed by atoms with Gasteiger partial charge in [-0.3, -0.25) is 0 Å². The second-order valence-electron chi connectivity index (χ2n) is 6.34. The summed E-state index contributed by atoms with van der Waals surface area (Å²) in [6.07, 6.45) is 0.